The molecule has 28 heavy (non-hydrogen) atoms. The number of ether oxygens (including phenoxy) is 1. The second kappa shape index (κ2) is 8.67. The zero-order chi connectivity index (χ0) is 20.9. The summed E-state index contributed by atoms with van der Waals surface area (Å²) in [6, 6.07) is 6.08. The second-order valence-corrected chi connectivity index (χ2v) is 9.66. The van der Waals surface area contributed by atoms with Crippen molar-refractivity contribution in [3.63, 3.8) is 0 Å². The van der Waals surface area contributed by atoms with Gasteiger partial charge in [-0.2, -0.15) is 0 Å². The predicted molar refractivity (Wildman–Crippen MR) is 103 cm³/mol. The summed E-state index contributed by atoms with van der Waals surface area (Å²) in [5, 5.41) is 13.5. The Bertz CT molecular complexity index is 936. The van der Waals surface area contributed by atoms with Gasteiger partial charge >= 0.3 is 11.9 Å². The predicted octanol–water partition coefficient (Wildman–Crippen LogP) is 1.83. The highest BCUT2D eigenvalue weighted by atomic mass is 32.2. The maximum absolute atomic E-state index is 12.2. The van der Waals surface area contributed by atoms with Crippen molar-refractivity contribution in [1.29, 1.82) is 0 Å². The maximum Gasteiger partial charge on any atom is 0.340 e. The van der Waals surface area contributed by atoms with Crippen molar-refractivity contribution >= 4 is 39.1 Å². The first-order valence-corrected chi connectivity index (χ1v) is 10.6. The van der Waals surface area contributed by atoms with Crippen LogP contribution in [0.4, 0.5) is 5.82 Å². The standard InChI is InChI=1S/C17H21N3O6S2/c1-17(2,3)26-16(23)14(15(21)22)20-12-7-4-6-11(19-12)10-18-28(24,25)13-8-5-9-27-13/h4-9,14,18H,10H2,1-3H3,(H,19,20)(H,21,22). The van der Waals surface area contributed by atoms with Crippen molar-refractivity contribution in [1.82, 2.24) is 9.71 Å². The van der Waals surface area contributed by atoms with Crippen molar-refractivity contribution in [2.45, 2.75) is 43.2 Å². The van der Waals surface area contributed by atoms with Crippen LogP contribution >= 0.6 is 11.3 Å². The minimum Gasteiger partial charge on any atom is -0.479 e. The van der Waals surface area contributed by atoms with Gasteiger partial charge in [-0.05, 0) is 44.4 Å². The summed E-state index contributed by atoms with van der Waals surface area (Å²) in [4.78, 5) is 27.7. The lowest BCUT2D eigenvalue weighted by atomic mass is 10.2. The number of aromatic nitrogens is 1. The largest absolute Gasteiger partial charge is 0.479 e. The lowest BCUT2D eigenvalue weighted by Gasteiger charge is -2.23. The molecule has 1 unspecified atom stereocenters. The van der Waals surface area contributed by atoms with Crippen molar-refractivity contribution in [3.8, 4) is 0 Å². The highest BCUT2D eigenvalue weighted by Crippen LogP contribution is 2.16. The molecular formula is C17H21N3O6S2. The smallest absolute Gasteiger partial charge is 0.340 e. The van der Waals surface area contributed by atoms with Crippen molar-refractivity contribution in [3.05, 3.63) is 41.4 Å². The lowest BCUT2D eigenvalue weighted by Crippen LogP contribution is -2.42. The van der Waals surface area contributed by atoms with Crippen LogP contribution in [0.3, 0.4) is 0 Å². The van der Waals surface area contributed by atoms with Crippen LogP contribution in [0.25, 0.3) is 0 Å². The fourth-order valence-electron chi connectivity index (χ4n) is 2.04. The van der Waals surface area contributed by atoms with E-state index in [2.05, 4.69) is 15.0 Å². The fraction of sp³-hybridized carbons (Fsp3) is 0.353. The second-order valence-electron chi connectivity index (χ2n) is 6.72. The molecule has 9 nitrogen and oxygen atoms in total. The van der Waals surface area contributed by atoms with Gasteiger partial charge in [0.05, 0.1) is 12.2 Å². The third-order valence-electron chi connectivity index (χ3n) is 3.19. The first kappa shape index (κ1) is 21.8. The van der Waals surface area contributed by atoms with Crippen molar-refractivity contribution in [2.75, 3.05) is 5.32 Å². The van der Waals surface area contributed by atoms with Gasteiger partial charge in [-0.3, -0.25) is 0 Å². The van der Waals surface area contributed by atoms with E-state index in [1.165, 1.54) is 12.1 Å². The van der Waals surface area contributed by atoms with Crippen LogP contribution in [0.1, 0.15) is 26.5 Å². The molecule has 11 heteroatoms. The van der Waals surface area contributed by atoms with Crippen LogP contribution < -0.4 is 10.0 Å². The van der Waals surface area contributed by atoms with E-state index in [0.717, 1.165) is 11.3 Å². The Morgan fingerprint density at radius 1 is 1.25 bits per heavy atom. The maximum atomic E-state index is 12.2. The average Bonchev–Trinajstić information content (AvgIpc) is 3.12. The number of carbonyl (C=O) groups is 2. The number of hydrogen-bond acceptors (Lipinski definition) is 8. The van der Waals surface area contributed by atoms with Gasteiger partial charge in [0.1, 0.15) is 15.6 Å². The monoisotopic (exact) mass is 427 g/mol. The summed E-state index contributed by atoms with van der Waals surface area (Å²) >= 11 is 1.09. The molecule has 0 saturated carbocycles. The summed E-state index contributed by atoms with van der Waals surface area (Å²) in [6.07, 6.45) is 0. The van der Waals surface area contributed by atoms with E-state index in [4.69, 9.17) is 4.74 Å². The summed E-state index contributed by atoms with van der Waals surface area (Å²) < 4.78 is 32.0. The molecule has 0 aliphatic rings. The highest BCUT2D eigenvalue weighted by molar-refractivity contribution is 7.91. The third-order valence-corrected chi connectivity index (χ3v) is 5.99. The minimum atomic E-state index is -3.66. The molecule has 152 valence electrons. The third kappa shape index (κ3) is 6.29. The minimum absolute atomic E-state index is 0.0973. The molecule has 2 aromatic rings. The number of aliphatic carboxylic acids is 1. The summed E-state index contributed by atoms with van der Waals surface area (Å²) in [7, 11) is -3.66. The normalized spacial score (nSPS) is 13.0. The van der Waals surface area contributed by atoms with Crippen LogP contribution in [0.5, 0.6) is 0 Å². The number of carbonyl (C=O) groups excluding carboxylic acids is 1. The van der Waals surface area contributed by atoms with Crippen LogP contribution in [-0.4, -0.2) is 42.1 Å². The fourth-order valence-corrected chi connectivity index (χ4v) is 4.08. The molecule has 1 atom stereocenters. The topological polar surface area (TPSA) is 135 Å². The first-order valence-electron chi connectivity index (χ1n) is 8.19. The number of rotatable bonds is 8. The number of anilines is 1. The number of nitrogens with zero attached hydrogens (tertiary/aromatic N) is 1. The lowest BCUT2D eigenvalue weighted by molar-refractivity contribution is -0.160. The molecule has 2 rings (SSSR count). The van der Waals surface area contributed by atoms with E-state index in [1.807, 2.05) is 0 Å². The number of pyridine rings is 1. The summed E-state index contributed by atoms with van der Waals surface area (Å²) in [5.41, 5.74) is -0.500. The average molecular weight is 428 g/mol. The van der Waals surface area contributed by atoms with Crippen LogP contribution in [0.15, 0.2) is 39.9 Å². The summed E-state index contributed by atoms with van der Waals surface area (Å²) in [6.45, 7) is 4.78. The molecule has 3 N–H and O–H groups in total. The van der Waals surface area contributed by atoms with Gasteiger partial charge in [0.15, 0.2) is 0 Å². The van der Waals surface area contributed by atoms with Gasteiger partial charge < -0.3 is 15.2 Å². The zero-order valence-corrected chi connectivity index (χ0v) is 17.1. The van der Waals surface area contributed by atoms with E-state index < -0.39 is 33.6 Å². The molecule has 2 aromatic heterocycles. The van der Waals surface area contributed by atoms with Gasteiger partial charge in [-0.25, -0.2) is 27.7 Å². The Hall–Kier alpha value is -2.50. The molecule has 0 aliphatic carbocycles. The molecule has 0 fully saturated rings. The Balaban J connectivity index is 2.09. The summed E-state index contributed by atoms with van der Waals surface area (Å²) in [5.74, 6) is -2.27. The number of thiophene rings is 1. The van der Waals surface area contributed by atoms with E-state index in [0.29, 0.717) is 5.69 Å². The van der Waals surface area contributed by atoms with E-state index in [1.54, 1.807) is 44.4 Å². The Morgan fingerprint density at radius 3 is 2.54 bits per heavy atom. The number of esters is 1. The molecule has 0 saturated heterocycles. The van der Waals surface area contributed by atoms with Gasteiger partial charge in [0.2, 0.25) is 16.1 Å². The molecular weight excluding hydrogens is 406 g/mol. The molecule has 0 amide bonds. The molecule has 0 aliphatic heterocycles. The first-order chi connectivity index (χ1) is 13.0. The molecule has 0 radical (unpaired) electrons. The van der Waals surface area contributed by atoms with Crippen molar-refractivity contribution < 1.29 is 27.9 Å². The number of hydrogen-bond donors (Lipinski definition) is 3. The molecule has 0 spiro atoms. The van der Waals surface area contributed by atoms with Crippen LogP contribution in [0, 0.1) is 0 Å². The zero-order valence-electron chi connectivity index (χ0n) is 15.5. The quantitative estimate of drug-likeness (QED) is 0.429. The highest BCUT2D eigenvalue weighted by Gasteiger charge is 2.31. The number of nitrogens with one attached hydrogen (secondary N) is 2. The number of carboxylic acids is 1. The van der Waals surface area contributed by atoms with Crippen molar-refractivity contribution in [2.24, 2.45) is 0 Å². The Morgan fingerprint density at radius 2 is 1.96 bits per heavy atom. The van der Waals surface area contributed by atoms with Crippen LogP contribution in [0.2, 0.25) is 0 Å². The van der Waals surface area contributed by atoms with Gasteiger partial charge in [-0.15, -0.1) is 11.3 Å². The molecule has 0 bridgehead atoms. The van der Waals surface area contributed by atoms with Gasteiger partial charge in [0.25, 0.3) is 0 Å². The van der Waals surface area contributed by atoms with E-state index in [-0.39, 0.29) is 16.6 Å². The molecule has 2 heterocycles. The van der Waals surface area contributed by atoms with Gasteiger partial charge in [-0.1, -0.05) is 12.1 Å². The van der Waals surface area contributed by atoms with Gasteiger partial charge in [0, 0.05) is 0 Å². The van der Waals surface area contributed by atoms with Crippen LogP contribution in [-0.2, 0) is 30.9 Å². The SMILES string of the molecule is CC(C)(C)OC(=O)C(Nc1cccc(CNS(=O)(=O)c2cccs2)n1)C(=O)O. The Labute approximate surface area is 166 Å². The number of sulfonamides is 1. The van der Waals surface area contributed by atoms with E-state index >= 15 is 0 Å². The van der Waals surface area contributed by atoms with E-state index in [9.17, 15) is 23.1 Å². The molecule has 0 aromatic carbocycles. The Kier molecular flexibility index (Phi) is 6.75. The number of carboxylic acid groups (broad SMARTS) is 1.